The minimum atomic E-state index is 0.0225. The number of benzene rings is 2. The highest BCUT2D eigenvalue weighted by molar-refractivity contribution is 6.35. The van der Waals surface area contributed by atoms with Crippen LogP contribution in [0, 0.1) is 0 Å². The molecule has 0 radical (unpaired) electrons. The Morgan fingerprint density at radius 3 is 2.71 bits per heavy atom. The first-order valence-corrected chi connectivity index (χ1v) is 10.1. The zero-order valence-corrected chi connectivity index (χ0v) is 17.4. The molecule has 7 heteroatoms. The first-order valence-electron chi connectivity index (χ1n) is 9.35. The Labute approximate surface area is 174 Å². The minimum Gasteiger partial charge on any atom is -0.365 e. The molecule has 1 aliphatic rings. The first-order chi connectivity index (χ1) is 13.5. The second-order valence-corrected chi connectivity index (χ2v) is 8.15. The Morgan fingerprint density at radius 2 is 2.00 bits per heavy atom. The van der Waals surface area contributed by atoms with Crippen molar-refractivity contribution in [3.8, 4) is 0 Å². The normalized spacial score (nSPS) is 18.5. The van der Waals surface area contributed by atoms with Crippen LogP contribution in [-0.2, 0) is 4.79 Å². The molecule has 2 heterocycles. The molecule has 1 fully saturated rings. The summed E-state index contributed by atoms with van der Waals surface area (Å²) in [6.45, 7) is 6.54. The van der Waals surface area contributed by atoms with Crippen LogP contribution in [0.4, 0.5) is 5.69 Å². The number of hydrogen-bond donors (Lipinski definition) is 0. The molecule has 2 atom stereocenters. The van der Waals surface area contributed by atoms with Crippen LogP contribution in [0.3, 0.4) is 0 Å². The van der Waals surface area contributed by atoms with E-state index in [4.69, 9.17) is 23.2 Å². The molecule has 2 unspecified atom stereocenters. The van der Waals surface area contributed by atoms with E-state index in [1.807, 2.05) is 23.4 Å². The van der Waals surface area contributed by atoms with Crippen LogP contribution in [0.1, 0.15) is 25.5 Å². The lowest BCUT2D eigenvalue weighted by Crippen LogP contribution is -2.51. The summed E-state index contributed by atoms with van der Waals surface area (Å²) in [5, 5.41) is 1.28. The number of carbonyl (C=O) groups excluding carboxylic acids is 1. The molecule has 5 nitrogen and oxygen atoms in total. The van der Waals surface area contributed by atoms with Gasteiger partial charge in [0.2, 0.25) is 6.41 Å². The van der Waals surface area contributed by atoms with Gasteiger partial charge in [-0.25, -0.2) is 4.98 Å². The predicted octanol–water partition coefficient (Wildman–Crippen LogP) is 4.62. The largest absolute Gasteiger partial charge is 0.365 e. The number of hydrogen-bond acceptors (Lipinski definition) is 3. The van der Waals surface area contributed by atoms with Crippen LogP contribution in [0.15, 0.2) is 42.7 Å². The molecule has 0 spiro atoms. The fraction of sp³-hybridized carbons (Fsp3) is 0.333. The number of carbonyl (C=O) groups is 1. The standard InChI is InChI=1S/C21H22Cl2N4O/c1-14-11-25(13-28)7-8-26(14)17-4-6-20-21(10-17)27(12-24-20)15(2)18-5-3-16(22)9-19(18)23/h3-6,9-10,12-15H,7-8,11H2,1-2H3. The number of anilines is 1. The Kier molecular flexibility index (Phi) is 5.21. The van der Waals surface area contributed by atoms with Crippen molar-refractivity contribution >= 4 is 46.3 Å². The maximum Gasteiger partial charge on any atom is 0.209 e. The molecular weight excluding hydrogens is 395 g/mol. The monoisotopic (exact) mass is 416 g/mol. The van der Waals surface area contributed by atoms with Gasteiger partial charge in [-0.15, -0.1) is 0 Å². The highest BCUT2D eigenvalue weighted by atomic mass is 35.5. The lowest BCUT2D eigenvalue weighted by atomic mass is 10.1. The fourth-order valence-electron chi connectivity index (χ4n) is 3.96. The van der Waals surface area contributed by atoms with Crippen molar-refractivity contribution in [3.05, 3.63) is 58.3 Å². The van der Waals surface area contributed by atoms with Gasteiger partial charge in [-0.1, -0.05) is 29.3 Å². The van der Waals surface area contributed by atoms with Crippen LogP contribution in [-0.4, -0.2) is 46.5 Å². The zero-order valence-electron chi connectivity index (χ0n) is 15.8. The molecule has 1 aromatic heterocycles. The van der Waals surface area contributed by atoms with E-state index in [1.165, 1.54) is 0 Å². The number of nitrogens with zero attached hydrogens (tertiary/aromatic N) is 4. The molecule has 1 aliphatic heterocycles. The van der Waals surface area contributed by atoms with Gasteiger partial charge >= 0.3 is 0 Å². The second kappa shape index (κ2) is 7.64. The summed E-state index contributed by atoms with van der Waals surface area (Å²) in [4.78, 5) is 19.8. The van der Waals surface area contributed by atoms with E-state index < -0.39 is 0 Å². The van der Waals surface area contributed by atoms with Gasteiger partial charge in [-0.3, -0.25) is 4.79 Å². The van der Waals surface area contributed by atoms with Crippen molar-refractivity contribution in [2.24, 2.45) is 0 Å². The number of imidazole rings is 1. The smallest absolute Gasteiger partial charge is 0.209 e. The zero-order chi connectivity index (χ0) is 19.8. The lowest BCUT2D eigenvalue weighted by molar-refractivity contribution is -0.118. The van der Waals surface area contributed by atoms with Crippen LogP contribution in [0.2, 0.25) is 10.0 Å². The van der Waals surface area contributed by atoms with Gasteiger partial charge in [0.05, 0.1) is 23.4 Å². The maximum atomic E-state index is 11.1. The molecule has 1 saturated heterocycles. The Bertz CT molecular complexity index is 1020. The molecule has 146 valence electrons. The van der Waals surface area contributed by atoms with E-state index >= 15 is 0 Å². The van der Waals surface area contributed by atoms with E-state index in [-0.39, 0.29) is 12.1 Å². The van der Waals surface area contributed by atoms with Crippen molar-refractivity contribution in [3.63, 3.8) is 0 Å². The molecular formula is C21H22Cl2N4O. The van der Waals surface area contributed by atoms with Crippen molar-refractivity contribution in [1.29, 1.82) is 0 Å². The summed E-state index contributed by atoms with van der Waals surface area (Å²) in [5.74, 6) is 0. The van der Waals surface area contributed by atoms with E-state index in [1.54, 1.807) is 6.07 Å². The summed E-state index contributed by atoms with van der Waals surface area (Å²) in [6.07, 6.45) is 2.79. The van der Waals surface area contributed by atoms with Crippen LogP contribution in [0.25, 0.3) is 11.0 Å². The van der Waals surface area contributed by atoms with Gasteiger partial charge in [0, 0.05) is 41.4 Å². The summed E-state index contributed by atoms with van der Waals surface area (Å²) in [5.41, 5.74) is 4.14. The van der Waals surface area contributed by atoms with Gasteiger partial charge < -0.3 is 14.4 Å². The average molecular weight is 417 g/mol. The number of aromatic nitrogens is 2. The summed E-state index contributed by atoms with van der Waals surface area (Å²) >= 11 is 12.5. The van der Waals surface area contributed by atoms with E-state index in [9.17, 15) is 4.79 Å². The summed E-state index contributed by atoms with van der Waals surface area (Å²) < 4.78 is 2.14. The predicted molar refractivity (Wildman–Crippen MR) is 114 cm³/mol. The molecule has 0 saturated carbocycles. The Morgan fingerprint density at radius 1 is 1.18 bits per heavy atom. The van der Waals surface area contributed by atoms with Crippen molar-refractivity contribution in [2.75, 3.05) is 24.5 Å². The third-order valence-electron chi connectivity index (χ3n) is 5.53. The number of piperazine rings is 1. The fourth-order valence-corrected chi connectivity index (χ4v) is 4.52. The first kappa shape index (κ1) is 19.1. The number of amides is 1. The topological polar surface area (TPSA) is 41.4 Å². The third-order valence-corrected chi connectivity index (χ3v) is 6.09. The maximum absolute atomic E-state index is 11.1. The third kappa shape index (κ3) is 3.45. The average Bonchev–Trinajstić information content (AvgIpc) is 3.10. The van der Waals surface area contributed by atoms with Gasteiger partial charge in [-0.2, -0.15) is 0 Å². The second-order valence-electron chi connectivity index (χ2n) is 7.31. The number of rotatable bonds is 4. The molecule has 0 bridgehead atoms. The number of halogens is 2. The van der Waals surface area contributed by atoms with Crippen LogP contribution >= 0.6 is 23.2 Å². The molecule has 0 N–H and O–H groups in total. The van der Waals surface area contributed by atoms with Gasteiger partial charge in [0.1, 0.15) is 0 Å². The SMILES string of the molecule is CC1CN(C=O)CCN1c1ccc2ncn(C(C)c3ccc(Cl)cc3Cl)c2c1. The lowest BCUT2D eigenvalue weighted by Gasteiger charge is -2.39. The number of fused-ring (bicyclic) bond motifs is 1. The van der Waals surface area contributed by atoms with Crippen molar-refractivity contribution in [2.45, 2.75) is 25.9 Å². The van der Waals surface area contributed by atoms with Gasteiger partial charge in [-0.05, 0) is 49.7 Å². The molecule has 4 rings (SSSR count). The van der Waals surface area contributed by atoms with E-state index in [0.717, 1.165) is 48.3 Å². The summed E-state index contributed by atoms with van der Waals surface area (Å²) in [7, 11) is 0. The van der Waals surface area contributed by atoms with Crippen molar-refractivity contribution < 1.29 is 4.79 Å². The van der Waals surface area contributed by atoms with Crippen LogP contribution in [0.5, 0.6) is 0 Å². The van der Waals surface area contributed by atoms with Crippen molar-refractivity contribution in [1.82, 2.24) is 14.5 Å². The van der Waals surface area contributed by atoms with E-state index in [2.05, 4.69) is 46.5 Å². The molecule has 2 aromatic carbocycles. The Hall–Kier alpha value is -2.24. The van der Waals surface area contributed by atoms with Gasteiger partial charge in [0.25, 0.3) is 0 Å². The van der Waals surface area contributed by atoms with E-state index in [0.29, 0.717) is 10.0 Å². The Balaban J connectivity index is 1.69. The highest BCUT2D eigenvalue weighted by Gasteiger charge is 2.24. The summed E-state index contributed by atoms with van der Waals surface area (Å²) in [6, 6.07) is 12.2. The molecule has 1 amide bonds. The minimum absolute atomic E-state index is 0.0225. The molecule has 0 aliphatic carbocycles. The molecule has 28 heavy (non-hydrogen) atoms. The van der Waals surface area contributed by atoms with Crippen LogP contribution < -0.4 is 4.90 Å². The van der Waals surface area contributed by atoms with Gasteiger partial charge in [0.15, 0.2) is 0 Å². The molecule has 3 aromatic rings. The highest BCUT2D eigenvalue weighted by Crippen LogP contribution is 2.32. The quantitative estimate of drug-likeness (QED) is 0.582.